The van der Waals surface area contributed by atoms with E-state index in [1.54, 1.807) is 6.07 Å². The third kappa shape index (κ3) is 5.15. The van der Waals surface area contributed by atoms with E-state index in [-0.39, 0.29) is 12.4 Å². The fraction of sp³-hybridized carbons (Fsp3) is 0.556. The summed E-state index contributed by atoms with van der Waals surface area (Å²) < 4.78 is 13.7. The molecule has 0 saturated heterocycles. The minimum absolute atomic E-state index is 0.0413. The number of nitrogens with zero attached hydrogens (tertiary/aromatic N) is 1. The highest BCUT2D eigenvalue weighted by Gasteiger charge is 2.18. The van der Waals surface area contributed by atoms with E-state index in [0.29, 0.717) is 18.0 Å². The lowest BCUT2D eigenvalue weighted by molar-refractivity contribution is 0.184. The average Bonchev–Trinajstić information content (AvgIpc) is 2.48. The number of rotatable bonds is 4. The second kappa shape index (κ2) is 8.17. The molecule has 1 saturated carbocycles. The molecule has 114 valence electrons. The molecule has 0 amide bonds. The van der Waals surface area contributed by atoms with Crippen LogP contribution in [-0.4, -0.2) is 29.7 Å². The quantitative estimate of drug-likeness (QED) is 0.860. The molecule has 0 bridgehead atoms. The standard InChI is InChI=1S/C18H24FNO/c1-20(18-8-3-2-4-9-18)14-16-11-15(7-5-6-10-21)12-17(19)13-16/h11-13,18,21H,2-4,6,8-10,14H2,1H3. The molecule has 2 nitrogen and oxygen atoms in total. The van der Waals surface area contributed by atoms with Crippen molar-refractivity contribution in [1.29, 1.82) is 0 Å². The fourth-order valence-corrected chi connectivity index (χ4v) is 2.97. The number of benzene rings is 1. The minimum atomic E-state index is -0.238. The van der Waals surface area contributed by atoms with Crippen LogP contribution in [0.3, 0.4) is 0 Å². The van der Waals surface area contributed by atoms with Gasteiger partial charge in [0.1, 0.15) is 5.82 Å². The third-order valence-electron chi connectivity index (χ3n) is 4.06. The summed E-state index contributed by atoms with van der Waals surface area (Å²) in [5.74, 6) is 5.52. The normalized spacial score (nSPS) is 15.8. The van der Waals surface area contributed by atoms with Gasteiger partial charge in [0.05, 0.1) is 6.61 Å². The van der Waals surface area contributed by atoms with Crippen LogP contribution in [0.15, 0.2) is 18.2 Å². The lowest BCUT2D eigenvalue weighted by atomic mass is 9.94. The maximum Gasteiger partial charge on any atom is 0.124 e. The molecule has 0 heterocycles. The molecule has 0 atom stereocenters. The van der Waals surface area contributed by atoms with Gasteiger partial charge < -0.3 is 5.11 Å². The van der Waals surface area contributed by atoms with Crippen molar-refractivity contribution in [2.24, 2.45) is 0 Å². The first-order valence-electron chi connectivity index (χ1n) is 7.78. The molecule has 0 spiro atoms. The monoisotopic (exact) mass is 289 g/mol. The van der Waals surface area contributed by atoms with Crippen LogP contribution >= 0.6 is 0 Å². The molecule has 1 fully saturated rings. The van der Waals surface area contributed by atoms with Gasteiger partial charge in [-0.1, -0.05) is 31.1 Å². The van der Waals surface area contributed by atoms with Crippen molar-refractivity contribution in [2.45, 2.75) is 51.1 Å². The summed E-state index contributed by atoms with van der Waals surface area (Å²) in [6.07, 6.45) is 6.86. The second-order valence-corrected chi connectivity index (χ2v) is 5.83. The summed E-state index contributed by atoms with van der Waals surface area (Å²) in [5.41, 5.74) is 1.66. The van der Waals surface area contributed by atoms with E-state index in [4.69, 9.17) is 5.11 Å². The fourth-order valence-electron chi connectivity index (χ4n) is 2.97. The zero-order valence-electron chi connectivity index (χ0n) is 12.7. The Labute approximate surface area is 127 Å². The molecule has 1 aromatic rings. The number of hydrogen-bond acceptors (Lipinski definition) is 2. The van der Waals surface area contributed by atoms with Crippen LogP contribution in [0.1, 0.15) is 49.7 Å². The molecule has 1 aromatic carbocycles. The summed E-state index contributed by atoms with van der Waals surface area (Å²) >= 11 is 0. The molecule has 21 heavy (non-hydrogen) atoms. The van der Waals surface area contributed by atoms with E-state index in [9.17, 15) is 4.39 Å². The molecule has 1 N–H and O–H groups in total. The van der Waals surface area contributed by atoms with Crippen molar-refractivity contribution in [1.82, 2.24) is 4.90 Å². The van der Waals surface area contributed by atoms with Crippen molar-refractivity contribution in [3.05, 3.63) is 35.1 Å². The maximum atomic E-state index is 13.7. The highest BCUT2D eigenvalue weighted by Crippen LogP contribution is 2.23. The van der Waals surface area contributed by atoms with Crippen molar-refractivity contribution >= 4 is 0 Å². The first kappa shape index (κ1) is 16.0. The predicted octanol–water partition coefficient (Wildman–Crippen LogP) is 3.32. The largest absolute Gasteiger partial charge is 0.395 e. The van der Waals surface area contributed by atoms with Gasteiger partial charge in [-0.15, -0.1) is 0 Å². The predicted molar refractivity (Wildman–Crippen MR) is 83.3 cm³/mol. The zero-order chi connectivity index (χ0) is 15.1. The van der Waals surface area contributed by atoms with Crippen LogP contribution in [0, 0.1) is 17.7 Å². The van der Waals surface area contributed by atoms with Gasteiger partial charge in [-0.2, -0.15) is 0 Å². The number of aliphatic hydroxyl groups is 1. The van der Waals surface area contributed by atoms with Crippen molar-refractivity contribution in [3.63, 3.8) is 0 Å². The summed E-state index contributed by atoms with van der Waals surface area (Å²) in [4.78, 5) is 2.33. The number of aliphatic hydroxyl groups excluding tert-OH is 1. The Morgan fingerprint density at radius 1 is 1.24 bits per heavy atom. The summed E-state index contributed by atoms with van der Waals surface area (Å²) in [6, 6.07) is 5.61. The van der Waals surface area contributed by atoms with Crippen LogP contribution in [0.2, 0.25) is 0 Å². The van der Waals surface area contributed by atoms with Gasteiger partial charge in [0, 0.05) is 24.6 Å². The zero-order valence-corrected chi connectivity index (χ0v) is 12.7. The van der Waals surface area contributed by atoms with Gasteiger partial charge in [-0.3, -0.25) is 4.90 Å². The van der Waals surface area contributed by atoms with Gasteiger partial charge >= 0.3 is 0 Å². The molecule has 0 unspecified atom stereocenters. The van der Waals surface area contributed by atoms with Gasteiger partial charge in [-0.05, 0) is 43.7 Å². The Hall–Kier alpha value is -1.37. The Bertz CT molecular complexity index is 512. The van der Waals surface area contributed by atoms with Gasteiger partial charge in [-0.25, -0.2) is 4.39 Å². The van der Waals surface area contributed by atoms with Gasteiger partial charge in [0.2, 0.25) is 0 Å². The van der Waals surface area contributed by atoms with Crippen LogP contribution in [0.25, 0.3) is 0 Å². The third-order valence-corrected chi connectivity index (χ3v) is 4.06. The van der Waals surface area contributed by atoms with Gasteiger partial charge in [0.25, 0.3) is 0 Å². The van der Waals surface area contributed by atoms with Crippen LogP contribution in [-0.2, 0) is 6.54 Å². The van der Waals surface area contributed by atoms with E-state index in [1.807, 2.05) is 6.07 Å². The van der Waals surface area contributed by atoms with Crippen molar-refractivity contribution in [2.75, 3.05) is 13.7 Å². The van der Waals surface area contributed by atoms with Crippen LogP contribution < -0.4 is 0 Å². The van der Waals surface area contributed by atoms with E-state index in [1.165, 1.54) is 38.2 Å². The first-order chi connectivity index (χ1) is 10.2. The van der Waals surface area contributed by atoms with Crippen LogP contribution in [0.4, 0.5) is 4.39 Å². The highest BCUT2D eigenvalue weighted by molar-refractivity contribution is 5.37. The average molecular weight is 289 g/mol. The van der Waals surface area contributed by atoms with Crippen LogP contribution in [0.5, 0.6) is 0 Å². The molecule has 3 heteroatoms. The highest BCUT2D eigenvalue weighted by atomic mass is 19.1. The number of hydrogen-bond donors (Lipinski definition) is 1. The molecule has 0 aromatic heterocycles. The topological polar surface area (TPSA) is 23.5 Å². The molecular weight excluding hydrogens is 265 g/mol. The second-order valence-electron chi connectivity index (χ2n) is 5.83. The first-order valence-corrected chi connectivity index (χ1v) is 7.78. The summed E-state index contributed by atoms with van der Waals surface area (Å²) in [6.45, 7) is 0.802. The Morgan fingerprint density at radius 2 is 2.00 bits per heavy atom. The minimum Gasteiger partial charge on any atom is -0.395 e. The Kier molecular flexibility index (Phi) is 6.22. The maximum absolute atomic E-state index is 13.7. The van der Waals surface area contributed by atoms with Crippen molar-refractivity contribution in [3.8, 4) is 11.8 Å². The smallest absolute Gasteiger partial charge is 0.124 e. The Balaban J connectivity index is 2.03. The molecule has 1 aliphatic rings. The molecule has 1 aliphatic carbocycles. The molecule has 2 rings (SSSR count). The lowest BCUT2D eigenvalue weighted by Gasteiger charge is -2.31. The van der Waals surface area contributed by atoms with Crippen molar-refractivity contribution < 1.29 is 9.50 Å². The van der Waals surface area contributed by atoms with Gasteiger partial charge in [0.15, 0.2) is 0 Å². The summed E-state index contributed by atoms with van der Waals surface area (Å²) in [5, 5.41) is 8.73. The SMILES string of the molecule is CN(Cc1cc(F)cc(C#CCCO)c1)C1CCCCC1. The van der Waals surface area contributed by atoms with E-state index in [2.05, 4.69) is 23.8 Å². The van der Waals surface area contributed by atoms with E-state index < -0.39 is 0 Å². The van der Waals surface area contributed by atoms with E-state index in [0.717, 1.165) is 12.1 Å². The summed E-state index contributed by atoms with van der Waals surface area (Å²) in [7, 11) is 2.12. The molecule has 0 radical (unpaired) electrons. The van der Waals surface area contributed by atoms with E-state index >= 15 is 0 Å². The molecule has 0 aliphatic heterocycles. The number of halogens is 1. The lowest BCUT2D eigenvalue weighted by Crippen LogP contribution is -2.32. The molecular formula is C18H24FNO. The Morgan fingerprint density at radius 3 is 2.71 bits per heavy atom.